The summed E-state index contributed by atoms with van der Waals surface area (Å²) in [5.41, 5.74) is 8.05. The Bertz CT molecular complexity index is 462. The molecule has 19 heavy (non-hydrogen) atoms. The minimum absolute atomic E-state index is 1.12. The quantitative estimate of drug-likeness (QED) is 0.741. The largest absolute Gasteiger partial charge is 0.333 e. The predicted octanol–water partition coefficient (Wildman–Crippen LogP) is 4.79. The Morgan fingerprint density at radius 1 is 0.737 bits per heavy atom. The van der Waals surface area contributed by atoms with Crippen LogP contribution in [-0.4, -0.2) is 12.0 Å². The van der Waals surface area contributed by atoms with Gasteiger partial charge in [-0.05, 0) is 38.8 Å². The van der Waals surface area contributed by atoms with Gasteiger partial charge in [0.15, 0.2) is 0 Å². The Balaban J connectivity index is 0. The van der Waals surface area contributed by atoms with Gasteiger partial charge in [0.25, 0.3) is 0 Å². The molecule has 2 rings (SSSR count). The molecule has 0 saturated heterocycles. The molecule has 0 atom stereocenters. The lowest BCUT2D eigenvalue weighted by atomic mass is 10.0. The Kier molecular flexibility index (Phi) is 12.2. The van der Waals surface area contributed by atoms with Crippen molar-refractivity contribution in [1.29, 1.82) is 0 Å². The lowest BCUT2D eigenvalue weighted by Gasteiger charge is -2.07. The standard InChI is InChI=1S/C12H13N.2C2H6.CH5N/c1-8-9(2)13-10(3)12-7-5-4-6-11(8)12;3*1-2/h4-7H,1-3H3;2*1-2H3;2H2,1H3. The van der Waals surface area contributed by atoms with Crippen molar-refractivity contribution in [2.45, 2.75) is 48.5 Å². The molecule has 0 spiro atoms. The smallest absolute Gasteiger partial charge is 0.0454 e. The highest BCUT2D eigenvalue weighted by Gasteiger charge is 2.03. The zero-order valence-electron chi connectivity index (χ0n) is 13.8. The highest BCUT2D eigenvalue weighted by Crippen LogP contribution is 2.21. The fourth-order valence-corrected chi connectivity index (χ4v) is 1.72. The molecule has 1 aromatic heterocycles. The van der Waals surface area contributed by atoms with E-state index in [9.17, 15) is 0 Å². The molecule has 0 bridgehead atoms. The van der Waals surface area contributed by atoms with Crippen LogP contribution in [0, 0.1) is 20.8 Å². The third-order valence-corrected chi connectivity index (χ3v) is 2.60. The SMILES string of the molecule is CC.CC.CN.Cc1nc(C)c2ccccc2c1C. The van der Waals surface area contributed by atoms with Crippen molar-refractivity contribution in [3.05, 3.63) is 41.2 Å². The fourth-order valence-electron chi connectivity index (χ4n) is 1.72. The zero-order chi connectivity index (χ0) is 15.4. The molecule has 0 aliphatic heterocycles. The maximum Gasteiger partial charge on any atom is 0.0454 e. The second-order valence-corrected chi connectivity index (χ2v) is 3.45. The first kappa shape index (κ1) is 19.9. The summed E-state index contributed by atoms with van der Waals surface area (Å²) in [5, 5.41) is 2.60. The third kappa shape index (κ3) is 5.39. The van der Waals surface area contributed by atoms with Crippen LogP contribution in [0.5, 0.6) is 0 Å². The number of aryl methyl sites for hydroxylation is 3. The number of pyridine rings is 1. The zero-order valence-corrected chi connectivity index (χ0v) is 13.8. The summed E-state index contributed by atoms with van der Waals surface area (Å²) in [6.07, 6.45) is 0. The van der Waals surface area contributed by atoms with Crippen LogP contribution in [0.15, 0.2) is 24.3 Å². The van der Waals surface area contributed by atoms with Gasteiger partial charge in [0.05, 0.1) is 0 Å². The van der Waals surface area contributed by atoms with Gasteiger partial charge in [0.2, 0.25) is 0 Å². The van der Waals surface area contributed by atoms with E-state index in [-0.39, 0.29) is 0 Å². The van der Waals surface area contributed by atoms with Gasteiger partial charge in [-0.15, -0.1) is 0 Å². The van der Waals surface area contributed by atoms with E-state index in [1.807, 2.05) is 27.7 Å². The second kappa shape index (κ2) is 11.7. The summed E-state index contributed by atoms with van der Waals surface area (Å²) < 4.78 is 0. The Labute approximate surface area is 119 Å². The van der Waals surface area contributed by atoms with Crippen LogP contribution in [0.25, 0.3) is 10.8 Å². The number of rotatable bonds is 0. The molecule has 2 N–H and O–H groups in total. The summed E-state index contributed by atoms with van der Waals surface area (Å²) in [6, 6.07) is 8.43. The van der Waals surface area contributed by atoms with Crippen molar-refractivity contribution in [2.75, 3.05) is 7.05 Å². The van der Waals surface area contributed by atoms with Crippen LogP contribution in [-0.2, 0) is 0 Å². The van der Waals surface area contributed by atoms with E-state index in [1.165, 1.54) is 23.4 Å². The van der Waals surface area contributed by atoms with Crippen molar-refractivity contribution < 1.29 is 0 Å². The summed E-state index contributed by atoms with van der Waals surface area (Å²) in [5.74, 6) is 0. The molecule has 0 fully saturated rings. The van der Waals surface area contributed by atoms with E-state index in [1.54, 1.807) is 0 Å². The van der Waals surface area contributed by atoms with Crippen LogP contribution in [0.2, 0.25) is 0 Å². The topological polar surface area (TPSA) is 38.9 Å². The molecule has 0 aliphatic carbocycles. The maximum atomic E-state index is 4.50. The van der Waals surface area contributed by atoms with Gasteiger partial charge in [0.1, 0.15) is 0 Å². The third-order valence-electron chi connectivity index (χ3n) is 2.60. The average Bonchev–Trinajstić information content (AvgIpc) is 2.51. The van der Waals surface area contributed by atoms with Gasteiger partial charge in [-0.1, -0.05) is 52.0 Å². The summed E-state index contributed by atoms with van der Waals surface area (Å²) >= 11 is 0. The van der Waals surface area contributed by atoms with Crippen molar-refractivity contribution in [2.24, 2.45) is 5.73 Å². The molecule has 2 nitrogen and oxygen atoms in total. The highest BCUT2D eigenvalue weighted by atomic mass is 14.7. The number of aromatic nitrogens is 1. The monoisotopic (exact) mass is 262 g/mol. The van der Waals surface area contributed by atoms with Gasteiger partial charge in [-0.25, -0.2) is 0 Å². The molecular weight excluding hydrogens is 232 g/mol. The van der Waals surface area contributed by atoms with E-state index in [2.05, 4.69) is 55.8 Å². The van der Waals surface area contributed by atoms with Crippen molar-refractivity contribution >= 4 is 10.8 Å². The fraction of sp³-hybridized carbons (Fsp3) is 0.471. The molecule has 1 aromatic carbocycles. The molecule has 2 aromatic rings. The molecule has 0 saturated carbocycles. The second-order valence-electron chi connectivity index (χ2n) is 3.45. The molecular formula is C17H30N2. The normalized spacial score (nSPS) is 8.26. The van der Waals surface area contributed by atoms with Crippen LogP contribution < -0.4 is 5.73 Å². The first-order valence-corrected chi connectivity index (χ1v) is 7.10. The first-order valence-electron chi connectivity index (χ1n) is 7.10. The van der Waals surface area contributed by atoms with Gasteiger partial charge < -0.3 is 5.73 Å². The molecule has 1 heterocycles. The number of hydrogen-bond acceptors (Lipinski definition) is 2. The molecule has 108 valence electrons. The predicted molar refractivity (Wildman–Crippen MR) is 88.8 cm³/mol. The maximum absolute atomic E-state index is 4.50. The lowest BCUT2D eigenvalue weighted by Crippen LogP contribution is -1.92. The number of nitrogens with zero attached hydrogens (tertiary/aromatic N) is 1. The van der Waals surface area contributed by atoms with Gasteiger partial charge in [-0.3, -0.25) is 4.98 Å². The van der Waals surface area contributed by atoms with E-state index in [4.69, 9.17) is 0 Å². The minimum atomic E-state index is 1.12. The molecule has 0 unspecified atom stereocenters. The molecule has 0 aliphatic rings. The summed E-state index contributed by atoms with van der Waals surface area (Å²) in [7, 11) is 1.50. The summed E-state index contributed by atoms with van der Waals surface area (Å²) in [4.78, 5) is 4.50. The van der Waals surface area contributed by atoms with Crippen molar-refractivity contribution in [3.8, 4) is 0 Å². The number of fused-ring (bicyclic) bond motifs is 1. The van der Waals surface area contributed by atoms with Crippen molar-refractivity contribution in [1.82, 2.24) is 4.98 Å². The number of nitrogens with two attached hydrogens (primary N) is 1. The lowest BCUT2D eigenvalue weighted by molar-refractivity contribution is 1.12. The number of hydrogen-bond donors (Lipinski definition) is 1. The van der Waals surface area contributed by atoms with Gasteiger partial charge in [-0.2, -0.15) is 0 Å². The van der Waals surface area contributed by atoms with Crippen LogP contribution in [0.3, 0.4) is 0 Å². The van der Waals surface area contributed by atoms with Crippen LogP contribution >= 0.6 is 0 Å². The number of benzene rings is 1. The Morgan fingerprint density at radius 3 is 1.63 bits per heavy atom. The van der Waals surface area contributed by atoms with Crippen LogP contribution in [0.4, 0.5) is 0 Å². The molecule has 0 amide bonds. The van der Waals surface area contributed by atoms with Crippen LogP contribution in [0.1, 0.15) is 44.6 Å². The summed E-state index contributed by atoms with van der Waals surface area (Å²) in [6.45, 7) is 14.3. The molecule has 2 heteroatoms. The minimum Gasteiger partial charge on any atom is -0.333 e. The Morgan fingerprint density at radius 2 is 1.16 bits per heavy atom. The van der Waals surface area contributed by atoms with E-state index < -0.39 is 0 Å². The Hall–Kier alpha value is -1.41. The van der Waals surface area contributed by atoms with Crippen molar-refractivity contribution in [3.63, 3.8) is 0 Å². The molecule has 0 radical (unpaired) electrons. The van der Waals surface area contributed by atoms with E-state index in [0.717, 1.165) is 11.4 Å². The first-order chi connectivity index (χ1) is 9.20. The average molecular weight is 262 g/mol. The highest BCUT2D eigenvalue weighted by molar-refractivity contribution is 5.87. The van der Waals surface area contributed by atoms with Gasteiger partial charge >= 0.3 is 0 Å². The van der Waals surface area contributed by atoms with E-state index in [0.29, 0.717) is 0 Å². The van der Waals surface area contributed by atoms with E-state index >= 15 is 0 Å². The van der Waals surface area contributed by atoms with Gasteiger partial charge in [0, 0.05) is 16.8 Å².